The third-order valence-electron chi connectivity index (χ3n) is 0.313. The number of allylic oxidation sites excluding steroid dienone is 1. The van der Waals surface area contributed by atoms with Crippen LogP contribution >= 0.6 is 15.9 Å². The van der Waals surface area contributed by atoms with Crippen molar-refractivity contribution in [3.8, 4) is 0 Å². The van der Waals surface area contributed by atoms with Gasteiger partial charge < -0.3 is 0 Å². The van der Waals surface area contributed by atoms with Gasteiger partial charge in [-0.1, -0.05) is 0 Å². The largest absolute Gasteiger partial charge is 0.272 e. The smallest absolute Gasteiger partial charge is 0.214 e. The Morgan fingerprint density at radius 2 is 2.00 bits per heavy atom. The molecular formula is C3H2BrF3. The normalized spacial score (nSPS) is 13.0. The van der Waals surface area contributed by atoms with Crippen LogP contribution in [-0.4, -0.2) is 6.43 Å². The van der Waals surface area contributed by atoms with Gasteiger partial charge in [0.15, 0.2) is 0 Å². The second kappa shape index (κ2) is 3.07. The molecule has 0 bridgehead atoms. The molecule has 0 aromatic carbocycles. The Morgan fingerprint density at radius 1 is 1.57 bits per heavy atom. The van der Waals surface area contributed by atoms with Crippen molar-refractivity contribution in [1.29, 1.82) is 0 Å². The predicted molar refractivity (Wildman–Crippen MR) is 24.1 cm³/mol. The van der Waals surface area contributed by atoms with Crippen molar-refractivity contribution in [3.63, 3.8) is 0 Å². The van der Waals surface area contributed by atoms with Crippen molar-refractivity contribution in [2.75, 3.05) is 0 Å². The van der Waals surface area contributed by atoms with E-state index in [1.807, 2.05) is 0 Å². The molecule has 0 heterocycles. The van der Waals surface area contributed by atoms with E-state index in [1.165, 1.54) is 0 Å². The maximum Gasteiger partial charge on any atom is 0.272 e. The molecule has 0 fully saturated rings. The summed E-state index contributed by atoms with van der Waals surface area (Å²) in [7, 11) is 0. The van der Waals surface area contributed by atoms with Gasteiger partial charge in [-0.2, -0.15) is 0 Å². The van der Waals surface area contributed by atoms with Crippen molar-refractivity contribution in [2.45, 2.75) is 6.43 Å². The van der Waals surface area contributed by atoms with Crippen molar-refractivity contribution in [2.24, 2.45) is 0 Å². The molecule has 42 valence electrons. The summed E-state index contributed by atoms with van der Waals surface area (Å²) in [6, 6.07) is 0. The van der Waals surface area contributed by atoms with Crippen molar-refractivity contribution >= 4 is 15.9 Å². The molecule has 0 radical (unpaired) electrons. The highest BCUT2D eigenvalue weighted by molar-refractivity contribution is 9.11. The molecule has 0 aromatic rings. The third-order valence-corrected chi connectivity index (χ3v) is 0.832. The van der Waals surface area contributed by atoms with Gasteiger partial charge in [0.25, 0.3) is 6.43 Å². The quantitative estimate of drug-likeness (QED) is 0.574. The van der Waals surface area contributed by atoms with Gasteiger partial charge in [-0.05, 0) is 15.9 Å². The van der Waals surface area contributed by atoms with Gasteiger partial charge in [-0.3, -0.25) is 0 Å². The first-order valence-corrected chi connectivity index (χ1v) is 2.21. The van der Waals surface area contributed by atoms with Gasteiger partial charge in [0, 0.05) is 0 Å². The Bertz CT molecular complexity index is 78.2. The Kier molecular flexibility index (Phi) is 3.07. The number of alkyl halides is 2. The molecule has 0 spiro atoms. The summed E-state index contributed by atoms with van der Waals surface area (Å²) in [5, 5.41) is 0. The fraction of sp³-hybridized carbons (Fsp3) is 0.333. The minimum absolute atomic E-state index is 0.176. The number of hydrogen-bond acceptors (Lipinski definition) is 0. The number of rotatable bonds is 1. The van der Waals surface area contributed by atoms with Crippen LogP contribution in [0, 0.1) is 0 Å². The van der Waals surface area contributed by atoms with Crippen molar-refractivity contribution in [1.82, 2.24) is 0 Å². The van der Waals surface area contributed by atoms with Crippen LogP contribution in [0.3, 0.4) is 0 Å². The lowest BCUT2D eigenvalue weighted by molar-refractivity contribution is 0.199. The molecule has 4 heteroatoms. The molecule has 0 atom stereocenters. The average Bonchev–Trinajstić information content (AvgIpc) is 1.65. The predicted octanol–water partition coefficient (Wildman–Crippen LogP) is 2.46. The first-order chi connectivity index (χ1) is 3.18. The zero-order valence-corrected chi connectivity index (χ0v) is 4.75. The van der Waals surface area contributed by atoms with E-state index in [2.05, 4.69) is 15.9 Å². The number of hydrogen-bond donors (Lipinski definition) is 0. The standard InChI is InChI=1S/C3H2BrF3/c4-2(1-5)3(6)7/h1,3H/b2-1+. The van der Waals surface area contributed by atoms with Crippen molar-refractivity contribution in [3.05, 3.63) is 10.8 Å². The van der Waals surface area contributed by atoms with E-state index in [-0.39, 0.29) is 6.33 Å². The maximum absolute atomic E-state index is 11.1. The monoisotopic (exact) mass is 174 g/mol. The third kappa shape index (κ3) is 2.68. The van der Waals surface area contributed by atoms with Crippen LogP contribution < -0.4 is 0 Å². The summed E-state index contributed by atoms with van der Waals surface area (Å²) < 4.78 is 32.4. The molecule has 7 heavy (non-hydrogen) atoms. The van der Waals surface area contributed by atoms with E-state index in [0.29, 0.717) is 0 Å². The van der Waals surface area contributed by atoms with E-state index in [4.69, 9.17) is 0 Å². The summed E-state index contributed by atoms with van der Waals surface area (Å²) in [4.78, 5) is 0. The number of halogens is 4. The molecule has 0 N–H and O–H groups in total. The summed E-state index contributed by atoms with van der Waals surface area (Å²) in [6.07, 6.45) is -2.91. The first-order valence-electron chi connectivity index (χ1n) is 1.42. The SMILES string of the molecule is F/C=C(/Br)C(F)F. The zero-order valence-electron chi connectivity index (χ0n) is 3.17. The molecule has 0 aliphatic rings. The van der Waals surface area contributed by atoms with Crippen molar-refractivity contribution < 1.29 is 13.2 Å². The lowest BCUT2D eigenvalue weighted by Crippen LogP contribution is -1.85. The fourth-order valence-electron chi connectivity index (χ4n) is 0.0476. The van der Waals surface area contributed by atoms with E-state index in [9.17, 15) is 13.2 Å². The average molecular weight is 175 g/mol. The summed E-state index contributed by atoms with van der Waals surface area (Å²) in [5.74, 6) is 0. The molecule has 0 aliphatic heterocycles. The second-order valence-electron chi connectivity index (χ2n) is 0.795. The zero-order chi connectivity index (χ0) is 5.86. The van der Waals surface area contributed by atoms with Crippen LogP contribution in [0.1, 0.15) is 0 Å². The minimum Gasteiger partial charge on any atom is -0.214 e. The first kappa shape index (κ1) is 7.01. The molecule has 0 saturated heterocycles. The van der Waals surface area contributed by atoms with Gasteiger partial charge in [0.2, 0.25) is 0 Å². The molecule has 0 unspecified atom stereocenters. The Labute approximate surface area is 47.1 Å². The molecule has 0 amide bonds. The molecule has 0 nitrogen and oxygen atoms in total. The van der Waals surface area contributed by atoms with Crippen LogP contribution in [0.4, 0.5) is 13.2 Å². The lowest BCUT2D eigenvalue weighted by Gasteiger charge is -1.87. The molecular weight excluding hydrogens is 173 g/mol. The van der Waals surface area contributed by atoms with E-state index >= 15 is 0 Å². The van der Waals surface area contributed by atoms with Crippen LogP contribution in [0.2, 0.25) is 0 Å². The highest BCUT2D eigenvalue weighted by Crippen LogP contribution is 2.14. The summed E-state index contributed by atoms with van der Waals surface area (Å²) >= 11 is 2.28. The van der Waals surface area contributed by atoms with Gasteiger partial charge >= 0.3 is 0 Å². The van der Waals surface area contributed by atoms with Crippen LogP contribution in [-0.2, 0) is 0 Å². The van der Waals surface area contributed by atoms with Gasteiger partial charge in [0.05, 0.1) is 4.48 Å². The van der Waals surface area contributed by atoms with Gasteiger partial charge in [-0.15, -0.1) is 0 Å². The highest BCUT2D eigenvalue weighted by atomic mass is 79.9. The second-order valence-corrected chi connectivity index (χ2v) is 1.71. The molecule has 0 aliphatic carbocycles. The minimum atomic E-state index is -2.73. The van der Waals surface area contributed by atoms with Crippen LogP contribution in [0.15, 0.2) is 10.8 Å². The highest BCUT2D eigenvalue weighted by Gasteiger charge is 2.04. The van der Waals surface area contributed by atoms with E-state index < -0.39 is 10.9 Å². The maximum atomic E-state index is 11.1. The molecule has 0 rings (SSSR count). The molecule has 0 saturated carbocycles. The summed E-state index contributed by atoms with van der Waals surface area (Å²) in [5.41, 5.74) is 0. The van der Waals surface area contributed by atoms with Crippen LogP contribution in [0.25, 0.3) is 0 Å². The Hall–Kier alpha value is 0.01000. The van der Waals surface area contributed by atoms with Crippen LogP contribution in [0.5, 0.6) is 0 Å². The fourth-order valence-corrected chi connectivity index (χ4v) is 0.0476. The Morgan fingerprint density at radius 3 is 2.00 bits per heavy atom. The summed E-state index contributed by atoms with van der Waals surface area (Å²) in [6.45, 7) is 0. The van der Waals surface area contributed by atoms with E-state index in [1.54, 1.807) is 0 Å². The topological polar surface area (TPSA) is 0 Å². The van der Waals surface area contributed by atoms with Gasteiger partial charge in [0.1, 0.15) is 6.33 Å². The molecule has 0 aromatic heterocycles. The van der Waals surface area contributed by atoms with Gasteiger partial charge in [-0.25, -0.2) is 13.2 Å². The lowest BCUT2D eigenvalue weighted by atomic mass is 10.7. The van der Waals surface area contributed by atoms with E-state index in [0.717, 1.165) is 0 Å². The Balaban J connectivity index is 3.56.